The maximum absolute atomic E-state index is 13.1. The SMILES string of the molecule is CCOc1cc(O[P+](=O)Oc2cc(OCC)cc(B3OC(C)(C)C(C)(C)O3)c2)cc(B2OC(C)(C)C(C)(C)O2)c1. The molecule has 2 heterocycles. The summed E-state index contributed by atoms with van der Waals surface area (Å²) >= 11 is 0. The number of ether oxygens (including phenoxy) is 2. The summed E-state index contributed by atoms with van der Waals surface area (Å²) in [5.74, 6) is 1.66. The van der Waals surface area contributed by atoms with Gasteiger partial charge in [0.05, 0.1) is 35.6 Å². The highest BCUT2D eigenvalue weighted by Gasteiger charge is 2.53. The van der Waals surface area contributed by atoms with Crippen LogP contribution in [0.4, 0.5) is 0 Å². The quantitative estimate of drug-likeness (QED) is 0.281. The standard InChI is InChI=1S/C28H40B2O9P/c1-11-32-21-13-19(29-36-25(3,4)26(5,6)37-29)15-23(17-21)34-40(31)35-24-16-20(14-22(18-24)33-12-2)30-38-27(7,8)28(9,10)39-30/h13-18H,11-12H2,1-10H3/q+1. The van der Waals surface area contributed by atoms with E-state index in [4.69, 9.17) is 37.1 Å². The Labute approximate surface area is 239 Å². The second-order valence-corrected chi connectivity index (χ2v) is 12.7. The molecule has 4 rings (SSSR count). The summed E-state index contributed by atoms with van der Waals surface area (Å²) < 4.78 is 60.8. The normalized spacial score (nSPS) is 20.4. The molecule has 40 heavy (non-hydrogen) atoms. The summed E-state index contributed by atoms with van der Waals surface area (Å²) in [6.07, 6.45) is 0. The predicted molar refractivity (Wildman–Crippen MR) is 156 cm³/mol. The molecule has 2 saturated heterocycles. The van der Waals surface area contributed by atoms with E-state index in [1.807, 2.05) is 81.4 Å². The predicted octanol–water partition coefficient (Wildman–Crippen LogP) is 5.20. The zero-order valence-corrected chi connectivity index (χ0v) is 26.0. The van der Waals surface area contributed by atoms with Crippen molar-refractivity contribution in [3.63, 3.8) is 0 Å². The minimum atomic E-state index is -2.63. The summed E-state index contributed by atoms with van der Waals surface area (Å²) in [4.78, 5) is 0. The third-order valence-corrected chi connectivity index (χ3v) is 8.56. The van der Waals surface area contributed by atoms with E-state index in [0.717, 1.165) is 0 Å². The number of benzene rings is 2. The fourth-order valence-corrected chi connectivity index (χ4v) is 4.81. The van der Waals surface area contributed by atoms with Crippen molar-refractivity contribution >= 4 is 33.4 Å². The van der Waals surface area contributed by atoms with E-state index < -0.39 is 44.9 Å². The van der Waals surface area contributed by atoms with Gasteiger partial charge in [0, 0.05) is 16.7 Å². The Morgan fingerprint density at radius 2 is 0.875 bits per heavy atom. The van der Waals surface area contributed by atoms with Crippen molar-refractivity contribution in [3.05, 3.63) is 36.4 Å². The van der Waals surface area contributed by atoms with Gasteiger partial charge in [-0.3, -0.25) is 0 Å². The summed E-state index contributed by atoms with van der Waals surface area (Å²) in [6.45, 7) is 20.5. The fraction of sp³-hybridized carbons (Fsp3) is 0.571. The van der Waals surface area contributed by atoms with Gasteiger partial charge in [-0.15, -0.1) is 0 Å². The van der Waals surface area contributed by atoms with E-state index >= 15 is 0 Å². The highest BCUT2D eigenvalue weighted by atomic mass is 31.1. The average Bonchev–Trinajstić information content (AvgIpc) is 3.18. The molecule has 9 nitrogen and oxygen atoms in total. The first-order valence-electron chi connectivity index (χ1n) is 13.7. The Hall–Kier alpha value is -2.29. The second-order valence-electron chi connectivity index (χ2n) is 11.9. The van der Waals surface area contributed by atoms with E-state index in [-0.39, 0.29) is 0 Å². The Bertz CT molecular complexity index is 1120. The molecule has 2 aliphatic heterocycles. The lowest BCUT2D eigenvalue weighted by Crippen LogP contribution is -2.41. The summed E-state index contributed by atoms with van der Waals surface area (Å²) in [7, 11) is -3.91. The van der Waals surface area contributed by atoms with Gasteiger partial charge >= 0.3 is 22.5 Å². The third kappa shape index (κ3) is 6.44. The molecule has 2 aromatic carbocycles. The van der Waals surface area contributed by atoms with Gasteiger partial charge in [-0.25, -0.2) is 9.05 Å². The number of hydrogen-bond donors (Lipinski definition) is 0. The van der Waals surface area contributed by atoms with Crippen molar-refractivity contribution in [1.82, 2.24) is 0 Å². The van der Waals surface area contributed by atoms with Crippen molar-refractivity contribution in [2.24, 2.45) is 0 Å². The first-order valence-corrected chi connectivity index (χ1v) is 14.8. The van der Waals surface area contributed by atoms with Crippen LogP contribution in [0.25, 0.3) is 0 Å². The summed E-state index contributed by atoms with van der Waals surface area (Å²) in [5, 5.41) is 0. The molecule has 0 saturated carbocycles. The first kappa shape index (κ1) is 30.7. The van der Waals surface area contributed by atoms with Crippen LogP contribution < -0.4 is 29.4 Å². The monoisotopic (exact) mass is 573 g/mol. The molecule has 0 atom stereocenters. The average molecular weight is 573 g/mol. The highest BCUT2D eigenvalue weighted by molar-refractivity contribution is 7.34. The molecule has 2 aliphatic rings. The van der Waals surface area contributed by atoms with Gasteiger partial charge in [0.25, 0.3) is 0 Å². The smallest absolute Gasteiger partial charge is 0.494 e. The van der Waals surface area contributed by atoms with E-state index in [0.29, 0.717) is 47.1 Å². The van der Waals surface area contributed by atoms with Gasteiger partial charge in [0.2, 0.25) is 0 Å². The molecule has 0 bridgehead atoms. The topological polar surface area (TPSA) is 90.9 Å². The van der Waals surface area contributed by atoms with Crippen LogP contribution in [0, 0.1) is 0 Å². The van der Waals surface area contributed by atoms with E-state index in [2.05, 4.69) is 0 Å². The molecule has 216 valence electrons. The van der Waals surface area contributed by atoms with Gasteiger partial charge < -0.3 is 28.1 Å². The molecule has 0 unspecified atom stereocenters. The van der Waals surface area contributed by atoms with Crippen LogP contribution in [-0.2, 0) is 23.2 Å². The molecule has 0 N–H and O–H groups in total. The van der Waals surface area contributed by atoms with E-state index in [1.165, 1.54) is 0 Å². The molecular weight excluding hydrogens is 533 g/mol. The largest absolute Gasteiger partial charge is 0.805 e. The van der Waals surface area contributed by atoms with Crippen LogP contribution in [0.1, 0.15) is 69.2 Å². The van der Waals surface area contributed by atoms with Crippen LogP contribution in [0.15, 0.2) is 36.4 Å². The first-order chi connectivity index (χ1) is 18.6. The van der Waals surface area contributed by atoms with Crippen molar-refractivity contribution < 1.29 is 41.7 Å². The van der Waals surface area contributed by atoms with E-state index in [1.54, 1.807) is 24.3 Å². The lowest BCUT2D eigenvalue weighted by Gasteiger charge is -2.32. The minimum absolute atomic E-state index is 0.295. The molecule has 0 aliphatic carbocycles. The summed E-state index contributed by atoms with van der Waals surface area (Å²) in [5.41, 5.74) is -0.706. The van der Waals surface area contributed by atoms with Gasteiger partial charge in [0.1, 0.15) is 11.5 Å². The fourth-order valence-electron chi connectivity index (χ4n) is 4.21. The van der Waals surface area contributed by atoms with Crippen LogP contribution >= 0.6 is 8.25 Å². The molecule has 0 spiro atoms. The maximum Gasteiger partial charge on any atom is 0.805 e. The van der Waals surface area contributed by atoms with Crippen molar-refractivity contribution in [3.8, 4) is 23.0 Å². The molecule has 0 amide bonds. The lowest BCUT2D eigenvalue weighted by atomic mass is 9.79. The van der Waals surface area contributed by atoms with Crippen molar-refractivity contribution in [1.29, 1.82) is 0 Å². The molecule has 2 fully saturated rings. The van der Waals surface area contributed by atoms with Crippen molar-refractivity contribution in [2.45, 2.75) is 91.6 Å². The lowest BCUT2D eigenvalue weighted by molar-refractivity contribution is 0.00578. The number of rotatable bonds is 10. The van der Waals surface area contributed by atoms with Gasteiger partial charge in [-0.05, 0) is 104 Å². The van der Waals surface area contributed by atoms with Crippen LogP contribution in [0.3, 0.4) is 0 Å². The van der Waals surface area contributed by atoms with Crippen LogP contribution in [0.2, 0.25) is 0 Å². The highest BCUT2D eigenvalue weighted by Crippen LogP contribution is 2.39. The zero-order chi connectivity index (χ0) is 29.5. The molecular formula is C28H40B2O9P+. The Balaban J connectivity index is 1.55. The second kappa shape index (κ2) is 11.2. The van der Waals surface area contributed by atoms with Crippen LogP contribution in [-0.4, -0.2) is 49.9 Å². The van der Waals surface area contributed by atoms with E-state index in [9.17, 15) is 4.57 Å². The van der Waals surface area contributed by atoms with Gasteiger partial charge in [-0.2, -0.15) is 0 Å². The van der Waals surface area contributed by atoms with Crippen LogP contribution in [0.5, 0.6) is 23.0 Å². The van der Waals surface area contributed by atoms with Crippen molar-refractivity contribution in [2.75, 3.05) is 13.2 Å². The Kier molecular flexibility index (Phi) is 8.57. The molecule has 2 aromatic rings. The van der Waals surface area contributed by atoms with Gasteiger partial charge in [-0.1, -0.05) is 0 Å². The Morgan fingerprint density at radius 3 is 1.18 bits per heavy atom. The minimum Gasteiger partial charge on any atom is -0.494 e. The Morgan fingerprint density at radius 1 is 0.575 bits per heavy atom. The summed E-state index contributed by atoms with van der Waals surface area (Å²) in [6, 6.07) is 10.4. The molecule has 0 aromatic heterocycles. The molecule has 0 radical (unpaired) electrons. The van der Waals surface area contributed by atoms with Gasteiger partial charge in [0.15, 0.2) is 11.5 Å². The third-order valence-electron chi connectivity index (χ3n) is 7.84. The molecule has 12 heteroatoms. The number of hydrogen-bond acceptors (Lipinski definition) is 9. The zero-order valence-electron chi connectivity index (χ0n) is 25.2. The maximum atomic E-state index is 13.1.